The highest BCUT2D eigenvalue weighted by molar-refractivity contribution is 14.1. The van der Waals surface area contributed by atoms with Crippen LogP contribution in [0.5, 0.6) is 0 Å². The SMILES string of the molecule is CC(C)(C)C1=CC(=Cc2ccc(I)cc2)C=C(C(C)(C)C)C1=O. The molecule has 0 atom stereocenters. The first kappa shape index (κ1) is 18.2. The molecule has 0 N–H and O–H groups in total. The van der Waals surface area contributed by atoms with E-state index in [1.165, 1.54) is 3.57 Å². The van der Waals surface area contributed by atoms with Crippen LogP contribution in [0.1, 0.15) is 47.1 Å². The van der Waals surface area contributed by atoms with Crippen molar-refractivity contribution in [3.63, 3.8) is 0 Å². The van der Waals surface area contributed by atoms with E-state index in [0.717, 1.165) is 22.3 Å². The molecule has 0 bridgehead atoms. The predicted molar refractivity (Wildman–Crippen MR) is 107 cm³/mol. The van der Waals surface area contributed by atoms with E-state index in [-0.39, 0.29) is 16.6 Å². The number of hydrogen-bond donors (Lipinski definition) is 0. The second-order valence-electron chi connectivity index (χ2n) is 8.14. The van der Waals surface area contributed by atoms with Gasteiger partial charge >= 0.3 is 0 Å². The van der Waals surface area contributed by atoms with Gasteiger partial charge in [-0.1, -0.05) is 53.7 Å². The minimum absolute atomic E-state index is 0.160. The lowest BCUT2D eigenvalue weighted by Crippen LogP contribution is -2.27. The second kappa shape index (κ2) is 6.39. The van der Waals surface area contributed by atoms with Crippen LogP contribution in [0.15, 0.2) is 53.1 Å². The Balaban J connectivity index is 2.56. The highest BCUT2D eigenvalue weighted by atomic mass is 127. The molecule has 0 saturated heterocycles. The Bertz CT molecular complexity index is 666. The quantitative estimate of drug-likeness (QED) is 0.495. The molecule has 1 aromatic carbocycles. The lowest BCUT2D eigenvalue weighted by atomic mass is 9.72. The number of Topliss-reactive ketones (excluding diaryl/α,β-unsaturated/α-hetero) is 1. The molecule has 0 unspecified atom stereocenters. The smallest absolute Gasteiger partial charge is 0.186 e. The molecule has 0 saturated carbocycles. The van der Waals surface area contributed by atoms with E-state index in [9.17, 15) is 4.79 Å². The Kier molecular flexibility index (Phi) is 5.05. The summed E-state index contributed by atoms with van der Waals surface area (Å²) in [6.07, 6.45) is 6.26. The number of carbonyl (C=O) groups excluding carboxylic acids is 1. The lowest BCUT2D eigenvalue weighted by molar-refractivity contribution is -0.114. The second-order valence-corrected chi connectivity index (χ2v) is 9.39. The van der Waals surface area contributed by atoms with Crippen molar-refractivity contribution in [2.45, 2.75) is 41.5 Å². The standard InChI is InChI=1S/C21H25IO/c1-20(2,3)17-12-15(11-14-7-9-16(22)10-8-14)13-18(19(17)23)21(4,5)6/h7-13H,1-6H3. The first-order valence-corrected chi connectivity index (χ1v) is 9.03. The van der Waals surface area contributed by atoms with Crippen molar-refractivity contribution in [2.24, 2.45) is 10.8 Å². The van der Waals surface area contributed by atoms with Gasteiger partial charge in [-0.15, -0.1) is 0 Å². The number of ketones is 1. The van der Waals surface area contributed by atoms with Crippen LogP contribution in [-0.4, -0.2) is 5.78 Å². The summed E-state index contributed by atoms with van der Waals surface area (Å²) in [7, 11) is 0. The highest BCUT2D eigenvalue weighted by Crippen LogP contribution is 2.39. The molecule has 0 radical (unpaired) electrons. The summed E-state index contributed by atoms with van der Waals surface area (Å²) in [4.78, 5) is 12.9. The minimum Gasteiger partial charge on any atom is -0.289 e. The van der Waals surface area contributed by atoms with Gasteiger partial charge < -0.3 is 0 Å². The van der Waals surface area contributed by atoms with Gasteiger partial charge in [0.15, 0.2) is 5.78 Å². The topological polar surface area (TPSA) is 17.1 Å². The van der Waals surface area contributed by atoms with Gasteiger partial charge in [-0.05, 0) is 74.9 Å². The van der Waals surface area contributed by atoms with Crippen LogP contribution in [0.3, 0.4) is 0 Å². The molecular weight excluding hydrogens is 395 g/mol. The summed E-state index contributed by atoms with van der Waals surface area (Å²) in [5.41, 5.74) is 3.72. The van der Waals surface area contributed by atoms with Gasteiger partial charge in [0.05, 0.1) is 0 Å². The average molecular weight is 420 g/mol. The fourth-order valence-corrected chi connectivity index (χ4v) is 2.96. The molecule has 1 aromatic rings. The summed E-state index contributed by atoms with van der Waals surface area (Å²) >= 11 is 2.31. The van der Waals surface area contributed by atoms with E-state index in [2.05, 4.69) is 107 Å². The molecule has 1 nitrogen and oxygen atoms in total. The number of hydrogen-bond acceptors (Lipinski definition) is 1. The molecule has 122 valence electrons. The van der Waals surface area contributed by atoms with Crippen molar-refractivity contribution in [3.05, 3.63) is 62.3 Å². The molecule has 2 rings (SSSR count). The number of rotatable bonds is 1. The fraction of sp³-hybridized carbons (Fsp3) is 0.381. The van der Waals surface area contributed by atoms with Gasteiger partial charge in [0, 0.05) is 14.7 Å². The third-order valence-corrected chi connectivity index (χ3v) is 4.65. The molecule has 0 fully saturated rings. The first-order valence-electron chi connectivity index (χ1n) is 7.95. The van der Waals surface area contributed by atoms with Crippen LogP contribution in [0.2, 0.25) is 0 Å². The Hall–Kier alpha value is -1.16. The van der Waals surface area contributed by atoms with E-state index in [1.54, 1.807) is 0 Å². The van der Waals surface area contributed by atoms with Crippen LogP contribution in [-0.2, 0) is 4.79 Å². The van der Waals surface area contributed by atoms with Crippen LogP contribution < -0.4 is 0 Å². The van der Waals surface area contributed by atoms with Crippen LogP contribution in [0.4, 0.5) is 0 Å². The van der Waals surface area contributed by atoms with E-state index in [1.807, 2.05) is 0 Å². The molecule has 0 aromatic heterocycles. The third-order valence-electron chi connectivity index (χ3n) is 3.93. The maximum absolute atomic E-state index is 12.9. The molecule has 1 aliphatic rings. The van der Waals surface area contributed by atoms with Gasteiger partial charge in [-0.25, -0.2) is 0 Å². The molecule has 1 aliphatic carbocycles. The average Bonchev–Trinajstić information content (AvgIpc) is 2.40. The minimum atomic E-state index is -0.160. The molecule has 0 amide bonds. The fourth-order valence-electron chi connectivity index (χ4n) is 2.60. The predicted octanol–water partition coefficient (Wildman–Crippen LogP) is 6.20. The maximum atomic E-state index is 12.9. The summed E-state index contributed by atoms with van der Waals surface area (Å²) in [6.45, 7) is 12.6. The van der Waals surface area contributed by atoms with E-state index in [0.29, 0.717) is 0 Å². The van der Waals surface area contributed by atoms with Gasteiger partial charge in [0.25, 0.3) is 0 Å². The summed E-state index contributed by atoms with van der Waals surface area (Å²) in [5, 5.41) is 0. The van der Waals surface area contributed by atoms with Gasteiger partial charge in [-0.3, -0.25) is 4.79 Å². The van der Waals surface area contributed by atoms with Crippen LogP contribution in [0, 0.1) is 14.4 Å². The van der Waals surface area contributed by atoms with Crippen molar-refractivity contribution in [1.82, 2.24) is 0 Å². The third kappa shape index (κ3) is 4.43. The Morgan fingerprint density at radius 3 is 1.65 bits per heavy atom. The van der Waals surface area contributed by atoms with E-state index in [4.69, 9.17) is 0 Å². The molecule has 0 heterocycles. The van der Waals surface area contributed by atoms with E-state index >= 15 is 0 Å². The number of allylic oxidation sites excluding steroid dienone is 5. The molecular formula is C21H25IO. The van der Waals surface area contributed by atoms with Crippen LogP contribution >= 0.6 is 22.6 Å². The zero-order valence-corrected chi connectivity index (χ0v) is 17.0. The molecule has 0 spiro atoms. The van der Waals surface area contributed by atoms with Gasteiger partial charge in [-0.2, -0.15) is 0 Å². The van der Waals surface area contributed by atoms with Gasteiger partial charge in [0.2, 0.25) is 0 Å². The number of benzene rings is 1. The van der Waals surface area contributed by atoms with Crippen molar-refractivity contribution >= 4 is 34.5 Å². The molecule has 2 heteroatoms. The van der Waals surface area contributed by atoms with Gasteiger partial charge in [0.1, 0.15) is 0 Å². The number of halogens is 1. The largest absolute Gasteiger partial charge is 0.289 e. The normalized spacial score (nSPS) is 16.1. The lowest BCUT2D eigenvalue weighted by Gasteiger charge is -2.31. The molecule has 0 aliphatic heterocycles. The maximum Gasteiger partial charge on any atom is 0.186 e. The zero-order valence-electron chi connectivity index (χ0n) is 14.8. The van der Waals surface area contributed by atoms with Crippen molar-refractivity contribution < 1.29 is 4.79 Å². The van der Waals surface area contributed by atoms with E-state index < -0.39 is 0 Å². The monoisotopic (exact) mass is 420 g/mol. The summed E-state index contributed by atoms with van der Waals surface area (Å²) in [5.74, 6) is 0.185. The first-order chi connectivity index (χ1) is 10.5. The zero-order chi connectivity index (χ0) is 17.4. The van der Waals surface area contributed by atoms with Crippen molar-refractivity contribution in [1.29, 1.82) is 0 Å². The molecule has 23 heavy (non-hydrogen) atoms. The Morgan fingerprint density at radius 2 is 1.26 bits per heavy atom. The summed E-state index contributed by atoms with van der Waals surface area (Å²) < 4.78 is 1.22. The van der Waals surface area contributed by atoms with Crippen molar-refractivity contribution in [2.75, 3.05) is 0 Å². The van der Waals surface area contributed by atoms with Crippen LogP contribution in [0.25, 0.3) is 6.08 Å². The Labute approximate surface area is 153 Å². The summed E-state index contributed by atoms with van der Waals surface area (Å²) in [6, 6.07) is 8.42. The Morgan fingerprint density at radius 1 is 0.826 bits per heavy atom. The number of carbonyl (C=O) groups is 1. The highest BCUT2D eigenvalue weighted by Gasteiger charge is 2.33. The van der Waals surface area contributed by atoms with Crippen molar-refractivity contribution in [3.8, 4) is 0 Å².